The van der Waals surface area contributed by atoms with Crippen LogP contribution in [0, 0.1) is 23.7 Å². The van der Waals surface area contributed by atoms with Gasteiger partial charge in [-0.1, -0.05) is 64.4 Å². The maximum atomic E-state index is 12.7. The standard InChI is InChI=1S/C20H31NO/c1-14(2)18-11-10-15(3)12-19(18)20(22)21-13-16(4)17-8-6-5-7-9-17/h5-9,14-16,18-19H,10-13H2,1-4H3,(H,21,22)/t15?,16?,18-,19+/m0/s1. The van der Waals surface area contributed by atoms with Gasteiger partial charge in [-0.3, -0.25) is 4.79 Å². The van der Waals surface area contributed by atoms with Crippen LogP contribution < -0.4 is 5.32 Å². The van der Waals surface area contributed by atoms with Gasteiger partial charge in [-0.15, -0.1) is 0 Å². The number of hydrogen-bond acceptors (Lipinski definition) is 1. The Balaban J connectivity index is 1.92. The van der Waals surface area contributed by atoms with Crippen molar-refractivity contribution in [1.82, 2.24) is 5.32 Å². The lowest BCUT2D eigenvalue weighted by Gasteiger charge is -2.36. The van der Waals surface area contributed by atoms with E-state index in [1.165, 1.54) is 18.4 Å². The van der Waals surface area contributed by atoms with E-state index in [4.69, 9.17) is 0 Å². The average molecular weight is 301 g/mol. The van der Waals surface area contributed by atoms with Crippen molar-refractivity contribution in [3.63, 3.8) is 0 Å². The molecule has 1 fully saturated rings. The summed E-state index contributed by atoms with van der Waals surface area (Å²) in [5, 5.41) is 3.22. The molecule has 0 spiro atoms. The molecule has 1 aliphatic rings. The normalized spacial score (nSPS) is 26.7. The Morgan fingerprint density at radius 3 is 2.50 bits per heavy atom. The molecule has 2 nitrogen and oxygen atoms in total. The fraction of sp³-hybridized carbons (Fsp3) is 0.650. The molecule has 2 rings (SSSR count). The molecule has 1 aliphatic carbocycles. The Hall–Kier alpha value is -1.31. The van der Waals surface area contributed by atoms with Gasteiger partial charge in [0.05, 0.1) is 0 Å². The van der Waals surface area contributed by atoms with Crippen LogP contribution in [0.15, 0.2) is 30.3 Å². The van der Waals surface area contributed by atoms with E-state index in [0.717, 1.165) is 13.0 Å². The Bertz CT molecular complexity index is 468. The first-order chi connectivity index (χ1) is 10.5. The first-order valence-corrected chi connectivity index (χ1v) is 8.81. The van der Waals surface area contributed by atoms with E-state index < -0.39 is 0 Å². The van der Waals surface area contributed by atoms with Gasteiger partial charge in [-0.05, 0) is 42.1 Å². The minimum absolute atomic E-state index is 0.201. The quantitative estimate of drug-likeness (QED) is 0.845. The monoisotopic (exact) mass is 301 g/mol. The molecule has 0 aromatic heterocycles. The van der Waals surface area contributed by atoms with Gasteiger partial charge in [0.2, 0.25) is 5.91 Å². The van der Waals surface area contributed by atoms with Crippen LogP contribution >= 0.6 is 0 Å². The predicted molar refractivity (Wildman–Crippen MR) is 92.7 cm³/mol. The van der Waals surface area contributed by atoms with Gasteiger partial charge in [0.1, 0.15) is 0 Å². The summed E-state index contributed by atoms with van der Waals surface area (Å²) in [6, 6.07) is 10.4. The van der Waals surface area contributed by atoms with Crippen molar-refractivity contribution in [3.8, 4) is 0 Å². The lowest BCUT2D eigenvalue weighted by atomic mass is 9.70. The van der Waals surface area contributed by atoms with E-state index >= 15 is 0 Å². The Morgan fingerprint density at radius 2 is 1.86 bits per heavy atom. The molecule has 0 aliphatic heterocycles. The van der Waals surface area contributed by atoms with E-state index in [9.17, 15) is 4.79 Å². The van der Waals surface area contributed by atoms with Crippen molar-refractivity contribution in [2.75, 3.05) is 6.54 Å². The number of nitrogens with one attached hydrogen (secondary N) is 1. The second-order valence-corrected chi connectivity index (χ2v) is 7.49. The van der Waals surface area contributed by atoms with Gasteiger partial charge in [0, 0.05) is 12.5 Å². The first kappa shape index (κ1) is 17.1. The summed E-state index contributed by atoms with van der Waals surface area (Å²) >= 11 is 0. The second kappa shape index (κ2) is 7.80. The molecule has 4 atom stereocenters. The molecular formula is C20H31NO. The van der Waals surface area contributed by atoms with E-state index in [-0.39, 0.29) is 11.8 Å². The highest BCUT2D eigenvalue weighted by Gasteiger charge is 2.35. The third kappa shape index (κ3) is 4.34. The molecule has 2 unspecified atom stereocenters. The topological polar surface area (TPSA) is 29.1 Å². The minimum atomic E-state index is 0.201. The Morgan fingerprint density at radius 1 is 1.18 bits per heavy atom. The third-order valence-electron chi connectivity index (χ3n) is 5.31. The molecule has 0 saturated heterocycles. The summed E-state index contributed by atoms with van der Waals surface area (Å²) in [6.45, 7) is 9.71. The van der Waals surface area contributed by atoms with Gasteiger partial charge >= 0.3 is 0 Å². The first-order valence-electron chi connectivity index (χ1n) is 8.81. The van der Waals surface area contributed by atoms with Crippen molar-refractivity contribution in [3.05, 3.63) is 35.9 Å². The lowest BCUT2D eigenvalue weighted by molar-refractivity contribution is -0.129. The van der Waals surface area contributed by atoms with Crippen LogP contribution in [-0.2, 0) is 4.79 Å². The smallest absolute Gasteiger partial charge is 0.223 e. The summed E-state index contributed by atoms with van der Waals surface area (Å²) in [5.41, 5.74) is 1.29. The number of rotatable bonds is 5. The van der Waals surface area contributed by atoms with Gasteiger partial charge in [0.15, 0.2) is 0 Å². The van der Waals surface area contributed by atoms with Crippen LogP contribution in [0.1, 0.15) is 58.4 Å². The lowest BCUT2D eigenvalue weighted by Crippen LogP contribution is -2.41. The molecule has 0 bridgehead atoms. The number of amides is 1. The van der Waals surface area contributed by atoms with Crippen LogP contribution in [0.4, 0.5) is 0 Å². The predicted octanol–water partition coefficient (Wildman–Crippen LogP) is 4.61. The van der Waals surface area contributed by atoms with Crippen LogP contribution in [0.2, 0.25) is 0 Å². The van der Waals surface area contributed by atoms with Crippen molar-refractivity contribution >= 4 is 5.91 Å². The molecule has 22 heavy (non-hydrogen) atoms. The zero-order valence-electron chi connectivity index (χ0n) is 14.5. The molecule has 1 amide bonds. The van der Waals surface area contributed by atoms with Crippen LogP contribution in [0.3, 0.4) is 0 Å². The summed E-state index contributed by atoms with van der Waals surface area (Å²) < 4.78 is 0. The zero-order chi connectivity index (χ0) is 16.1. The number of hydrogen-bond donors (Lipinski definition) is 1. The average Bonchev–Trinajstić information content (AvgIpc) is 2.52. The molecular weight excluding hydrogens is 270 g/mol. The van der Waals surface area contributed by atoms with Gasteiger partial charge < -0.3 is 5.32 Å². The highest BCUT2D eigenvalue weighted by molar-refractivity contribution is 5.79. The van der Waals surface area contributed by atoms with Gasteiger partial charge in [-0.25, -0.2) is 0 Å². The largest absolute Gasteiger partial charge is 0.355 e. The highest BCUT2D eigenvalue weighted by atomic mass is 16.1. The molecule has 0 heterocycles. The molecule has 1 aromatic carbocycles. The molecule has 2 heteroatoms. The molecule has 1 N–H and O–H groups in total. The summed E-state index contributed by atoms with van der Waals surface area (Å²) in [6.07, 6.45) is 3.52. The maximum Gasteiger partial charge on any atom is 0.223 e. The van der Waals surface area contributed by atoms with E-state index in [1.807, 2.05) is 6.07 Å². The summed E-state index contributed by atoms with van der Waals surface area (Å²) in [7, 11) is 0. The third-order valence-corrected chi connectivity index (χ3v) is 5.31. The zero-order valence-corrected chi connectivity index (χ0v) is 14.5. The Labute approximate surface area is 135 Å². The van der Waals surface area contributed by atoms with Crippen molar-refractivity contribution < 1.29 is 4.79 Å². The van der Waals surface area contributed by atoms with Crippen molar-refractivity contribution in [2.45, 2.75) is 52.9 Å². The van der Waals surface area contributed by atoms with Crippen molar-refractivity contribution in [1.29, 1.82) is 0 Å². The molecule has 1 aromatic rings. The fourth-order valence-corrected chi connectivity index (χ4v) is 3.79. The molecule has 0 radical (unpaired) electrons. The van der Waals surface area contributed by atoms with Gasteiger partial charge in [-0.2, -0.15) is 0 Å². The fourth-order valence-electron chi connectivity index (χ4n) is 3.79. The van der Waals surface area contributed by atoms with E-state index in [1.54, 1.807) is 0 Å². The second-order valence-electron chi connectivity index (χ2n) is 7.49. The van der Waals surface area contributed by atoms with E-state index in [0.29, 0.717) is 23.7 Å². The van der Waals surface area contributed by atoms with Gasteiger partial charge in [0.25, 0.3) is 0 Å². The SMILES string of the molecule is CC1CC[C@@H](C(C)C)[C@H](C(=O)NCC(C)c2ccccc2)C1. The Kier molecular flexibility index (Phi) is 6.05. The highest BCUT2D eigenvalue weighted by Crippen LogP contribution is 2.38. The van der Waals surface area contributed by atoms with Crippen LogP contribution in [0.25, 0.3) is 0 Å². The molecule has 122 valence electrons. The number of carbonyl (C=O) groups is 1. The summed E-state index contributed by atoms with van der Waals surface area (Å²) in [4.78, 5) is 12.7. The number of benzene rings is 1. The maximum absolute atomic E-state index is 12.7. The van der Waals surface area contributed by atoms with Crippen LogP contribution in [-0.4, -0.2) is 12.5 Å². The van der Waals surface area contributed by atoms with Crippen LogP contribution in [0.5, 0.6) is 0 Å². The van der Waals surface area contributed by atoms with E-state index in [2.05, 4.69) is 57.3 Å². The van der Waals surface area contributed by atoms with Crippen molar-refractivity contribution in [2.24, 2.45) is 23.7 Å². The summed E-state index contributed by atoms with van der Waals surface area (Å²) in [5.74, 6) is 2.65. The molecule has 1 saturated carbocycles. The number of carbonyl (C=O) groups excluding carboxylic acids is 1. The minimum Gasteiger partial charge on any atom is -0.355 e.